The van der Waals surface area contributed by atoms with Crippen molar-refractivity contribution >= 4 is 15.7 Å². The molecule has 126 valence electrons. The Morgan fingerprint density at radius 2 is 1.91 bits per heavy atom. The Hall–Kier alpha value is -0.620. The summed E-state index contributed by atoms with van der Waals surface area (Å²) in [7, 11) is -3.10. The molecular formula is C16H27NO4S. The molecule has 1 unspecified atom stereocenters. The quantitative estimate of drug-likeness (QED) is 0.740. The van der Waals surface area contributed by atoms with Crippen LogP contribution >= 0.6 is 0 Å². The van der Waals surface area contributed by atoms with E-state index in [0.29, 0.717) is 44.4 Å². The summed E-state index contributed by atoms with van der Waals surface area (Å²) in [6.45, 7) is 6.06. The van der Waals surface area contributed by atoms with E-state index in [9.17, 15) is 13.2 Å². The van der Waals surface area contributed by atoms with Crippen LogP contribution in [0.2, 0.25) is 0 Å². The lowest BCUT2D eigenvalue weighted by atomic mass is 9.83. The third-order valence-electron chi connectivity index (χ3n) is 5.32. The summed E-state index contributed by atoms with van der Waals surface area (Å²) in [6.07, 6.45) is 3.66. The van der Waals surface area contributed by atoms with Crippen molar-refractivity contribution in [1.82, 2.24) is 4.90 Å². The summed E-state index contributed by atoms with van der Waals surface area (Å²) < 4.78 is 30.0. The van der Waals surface area contributed by atoms with Gasteiger partial charge in [-0.15, -0.1) is 0 Å². The van der Waals surface area contributed by atoms with Crippen molar-refractivity contribution in [3.05, 3.63) is 0 Å². The Morgan fingerprint density at radius 3 is 2.50 bits per heavy atom. The number of sulfone groups is 1. The monoisotopic (exact) mass is 329 g/mol. The van der Waals surface area contributed by atoms with Crippen molar-refractivity contribution in [1.29, 1.82) is 0 Å². The maximum Gasteiger partial charge on any atom is 0.222 e. The SMILES string of the molecule is CC(C)CC(=O)N1CC2(C1)C(COCC1CC1)CCS2(=O)=O. The number of ether oxygens (including phenoxy) is 1. The smallest absolute Gasteiger partial charge is 0.222 e. The minimum atomic E-state index is -3.10. The van der Waals surface area contributed by atoms with Crippen molar-refractivity contribution in [3.8, 4) is 0 Å². The Morgan fingerprint density at radius 1 is 1.23 bits per heavy atom. The summed E-state index contributed by atoms with van der Waals surface area (Å²) in [5.41, 5.74) is 0. The molecule has 2 aliphatic heterocycles. The fourth-order valence-corrected chi connectivity index (χ4v) is 6.02. The second-order valence-corrected chi connectivity index (χ2v) is 10.1. The van der Waals surface area contributed by atoms with E-state index < -0.39 is 14.6 Å². The highest BCUT2D eigenvalue weighted by Crippen LogP contribution is 2.45. The van der Waals surface area contributed by atoms with Crippen molar-refractivity contribution < 1.29 is 17.9 Å². The van der Waals surface area contributed by atoms with Crippen LogP contribution < -0.4 is 0 Å². The summed E-state index contributed by atoms with van der Waals surface area (Å²) in [4.78, 5) is 13.8. The van der Waals surface area contributed by atoms with Crippen molar-refractivity contribution in [2.24, 2.45) is 17.8 Å². The van der Waals surface area contributed by atoms with Gasteiger partial charge in [0.2, 0.25) is 5.91 Å². The first-order valence-corrected chi connectivity index (χ1v) is 10.1. The number of carbonyl (C=O) groups excluding carboxylic acids is 1. The number of hydrogen-bond acceptors (Lipinski definition) is 4. The van der Waals surface area contributed by atoms with Gasteiger partial charge in [0.05, 0.1) is 12.4 Å². The molecule has 1 spiro atoms. The fraction of sp³-hybridized carbons (Fsp3) is 0.938. The first-order valence-electron chi connectivity index (χ1n) is 8.42. The lowest BCUT2D eigenvalue weighted by Crippen LogP contribution is -2.68. The Balaban J connectivity index is 1.60. The highest BCUT2D eigenvalue weighted by Gasteiger charge is 2.62. The Bertz CT molecular complexity index is 532. The van der Waals surface area contributed by atoms with E-state index in [1.807, 2.05) is 13.8 Å². The van der Waals surface area contributed by atoms with Crippen LogP contribution in [-0.4, -0.2) is 56.0 Å². The lowest BCUT2D eigenvalue weighted by molar-refractivity contribution is -0.138. The molecule has 1 aliphatic carbocycles. The van der Waals surface area contributed by atoms with E-state index in [0.717, 1.165) is 6.61 Å². The van der Waals surface area contributed by atoms with Crippen molar-refractivity contribution in [3.63, 3.8) is 0 Å². The fourth-order valence-electron chi connectivity index (χ4n) is 3.62. The number of amides is 1. The average molecular weight is 329 g/mol. The molecular weight excluding hydrogens is 302 g/mol. The van der Waals surface area contributed by atoms with E-state index in [4.69, 9.17) is 4.74 Å². The number of carbonyl (C=O) groups is 1. The van der Waals surface area contributed by atoms with Gasteiger partial charge in [0.25, 0.3) is 0 Å². The van der Waals surface area contributed by atoms with Gasteiger partial charge in [-0.2, -0.15) is 0 Å². The molecule has 3 fully saturated rings. The minimum absolute atomic E-state index is 0.0550. The number of rotatable bonds is 6. The molecule has 5 nitrogen and oxygen atoms in total. The van der Waals surface area contributed by atoms with E-state index in [2.05, 4.69) is 0 Å². The zero-order valence-corrected chi connectivity index (χ0v) is 14.4. The molecule has 0 radical (unpaired) electrons. The average Bonchev–Trinajstić information content (AvgIpc) is 3.12. The number of nitrogens with zero attached hydrogens (tertiary/aromatic N) is 1. The van der Waals surface area contributed by atoms with Gasteiger partial charge < -0.3 is 9.64 Å². The highest BCUT2D eigenvalue weighted by atomic mass is 32.2. The molecule has 0 bridgehead atoms. The maximum atomic E-state index is 12.5. The molecule has 0 aromatic heterocycles. The predicted molar refractivity (Wildman–Crippen MR) is 84.2 cm³/mol. The van der Waals surface area contributed by atoms with Gasteiger partial charge in [-0.1, -0.05) is 13.8 Å². The predicted octanol–water partition coefficient (Wildman–Crippen LogP) is 1.47. The maximum absolute atomic E-state index is 12.5. The van der Waals surface area contributed by atoms with Crippen LogP contribution in [0.15, 0.2) is 0 Å². The molecule has 0 aromatic rings. The Labute approximate surface area is 133 Å². The second-order valence-electron chi connectivity index (χ2n) is 7.70. The zero-order chi connectivity index (χ0) is 16.0. The number of likely N-dealkylation sites (tertiary alicyclic amines) is 1. The molecule has 3 aliphatic rings. The molecule has 3 rings (SSSR count). The molecule has 2 heterocycles. The Kier molecular flexibility index (Phi) is 4.27. The molecule has 6 heteroatoms. The normalized spacial score (nSPS) is 29.0. The molecule has 1 saturated carbocycles. The van der Waals surface area contributed by atoms with Crippen LogP contribution in [0.25, 0.3) is 0 Å². The van der Waals surface area contributed by atoms with E-state index in [1.54, 1.807) is 4.90 Å². The van der Waals surface area contributed by atoms with Gasteiger partial charge in [0, 0.05) is 32.0 Å². The van der Waals surface area contributed by atoms with E-state index in [1.165, 1.54) is 12.8 Å². The van der Waals surface area contributed by atoms with Crippen molar-refractivity contribution in [2.75, 3.05) is 32.1 Å². The standard InChI is InChI=1S/C16H27NO4S/c1-12(2)7-15(18)17-10-16(11-17)14(5-6-22(16,19)20)9-21-8-13-3-4-13/h12-14H,3-11H2,1-2H3. The summed E-state index contributed by atoms with van der Waals surface area (Å²) in [5.74, 6) is 1.39. The van der Waals surface area contributed by atoms with Crippen LogP contribution in [0, 0.1) is 17.8 Å². The largest absolute Gasteiger partial charge is 0.381 e. The van der Waals surface area contributed by atoms with Gasteiger partial charge >= 0.3 is 0 Å². The lowest BCUT2D eigenvalue weighted by Gasteiger charge is -2.50. The second kappa shape index (κ2) is 5.78. The van der Waals surface area contributed by atoms with Crippen LogP contribution in [0.4, 0.5) is 0 Å². The summed E-state index contributed by atoms with van der Waals surface area (Å²) >= 11 is 0. The first-order chi connectivity index (χ1) is 10.3. The van der Waals surface area contributed by atoms with E-state index in [-0.39, 0.29) is 17.6 Å². The molecule has 1 atom stereocenters. The zero-order valence-electron chi connectivity index (χ0n) is 13.6. The third-order valence-corrected chi connectivity index (χ3v) is 7.92. The van der Waals surface area contributed by atoms with Crippen LogP contribution in [0.5, 0.6) is 0 Å². The van der Waals surface area contributed by atoms with E-state index >= 15 is 0 Å². The minimum Gasteiger partial charge on any atom is -0.381 e. The molecule has 0 aromatic carbocycles. The molecule has 2 saturated heterocycles. The van der Waals surface area contributed by atoms with Gasteiger partial charge in [-0.05, 0) is 31.1 Å². The topological polar surface area (TPSA) is 63.7 Å². The third kappa shape index (κ3) is 2.92. The van der Waals surface area contributed by atoms with Gasteiger partial charge in [-0.3, -0.25) is 4.79 Å². The van der Waals surface area contributed by atoms with Gasteiger partial charge in [0.1, 0.15) is 4.75 Å². The first kappa shape index (κ1) is 16.2. The van der Waals surface area contributed by atoms with Crippen molar-refractivity contribution in [2.45, 2.75) is 44.3 Å². The molecule has 1 amide bonds. The van der Waals surface area contributed by atoms with Crippen LogP contribution in [-0.2, 0) is 19.4 Å². The van der Waals surface area contributed by atoms with Gasteiger partial charge in [-0.25, -0.2) is 8.42 Å². The highest BCUT2D eigenvalue weighted by molar-refractivity contribution is 7.93. The summed E-state index contributed by atoms with van der Waals surface area (Å²) in [6, 6.07) is 0. The summed E-state index contributed by atoms with van der Waals surface area (Å²) in [5, 5.41) is 0. The molecule has 22 heavy (non-hydrogen) atoms. The number of hydrogen-bond donors (Lipinski definition) is 0. The van der Waals surface area contributed by atoms with Crippen LogP contribution in [0.3, 0.4) is 0 Å². The van der Waals surface area contributed by atoms with Crippen LogP contribution in [0.1, 0.15) is 39.5 Å². The molecule has 0 N–H and O–H groups in total. The van der Waals surface area contributed by atoms with Gasteiger partial charge in [0.15, 0.2) is 9.84 Å².